The minimum absolute atomic E-state index is 0.327. The average Bonchev–Trinajstić information content (AvgIpc) is 2.54. The second-order valence-electron chi connectivity index (χ2n) is 2.65. The summed E-state index contributed by atoms with van der Waals surface area (Å²) in [5.41, 5.74) is 1.19. The van der Waals surface area contributed by atoms with Gasteiger partial charge in [-0.25, -0.2) is 0 Å². The Hall–Kier alpha value is -0.580. The zero-order valence-corrected chi connectivity index (χ0v) is 9.11. The van der Waals surface area contributed by atoms with Crippen LogP contribution in [-0.4, -0.2) is 24.4 Å². The fourth-order valence-corrected chi connectivity index (χ4v) is 2.56. The number of rotatable bonds is 1. The van der Waals surface area contributed by atoms with Crippen LogP contribution in [0, 0.1) is 0 Å². The maximum absolute atomic E-state index is 5.61. The van der Waals surface area contributed by atoms with Gasteiger partial charge in [0.2, 0.25) is 0 Å². The molecule has 1 heterocycles. The molecule has 0 aliphatic carbocycles. The number of hydrogen-bond acceptors (Lipinski definition) is 1. The second kappa shape index (κ2) is 3.43. The third-order valence-corrected chi connectivity index (χ3v) is 3.49. The Morgan fingerprint density at radius 1 is 1.17 bits per heavy atom. The van der Waals surface area contributed by atoms with Crippen LogP contribution >= 0.6 is 0 Å². The fourth-order valence-electron chi connectivity index (χ4n) is 1.08. The number of benzene rings is 1. The van der Waals surface area contributed by atoms with E-state index in [4.69, 9.17) is 3.10 Å². The van der Waals surface area contributed by atoms with Crippen molar-refractivity contribution in [2.75, 3.05) is 0 Å². The van der Waals surface area contributed by atoms with E-state index in [1.54, 1.807) is 0 Å². The SMILES string of the molecule is CC1=[Te]OC(c2ccccc2)=C1. The van der Waals surface area contributed by atoms with Crippen LogP contribution in [-0.2, 0) is 3.10 Å². The molecule has 1 aliphatic heterocycles. The van der Waals surface area contributed by atoms with Crippen molar-refractivity contribution < 1.29 is 3.10 Å². The zero-order chi connectivity index (χ0) is 8.39. The Morgan fingerprint density at radius 2 is 1.92 bits per heavy atom. The number of allylic oxidation sites excluding steroid dienone is 1. The van der Waals surface area contributed by atoms with Crippen LogP contribution in [0.25, 0.3) is 5.76 Å². The molecule has 1 aliphatic rings. The molecular formula is C10H9OTe. The standard InChI is InChI=1S/C10H9OTe/c1-8-7-10(11-12-8)9-5-3-2-4-6-9/h2-7H,1H3. The predicted octanol–water partition coefficient (Wildman–Crippen LogP) is 1.87. The van der Waals surface area contributed by atoms with Gasteiger partial charge in [-0.3, -0.25) is 0 Å². The summed E-state index contributed by atoms with van der Waals surface area (Å²) in [5, 5.41) is 0. The summed E-state index contributed by atoms with van der Waals surface area (Å²) < 4.78 is 7.02. The van der Waals surface area contributed by atoms with Crippen molar-refractivity contribution in [1.29, 1.82) is 0 Å². The Morgan fingerprint density at radius 3 is 2.50 bits per heavy atom. The molecule has 0 unspecified atom stereocenters. The van der Waals surface area contributed by atoms with Crippen molar-refractivity contribution in [2.24, 2.45) is 0 Å². The molecule has 1 radical (unpaired) electrons. The van der Waals surface area contributed by atoms with Crippen molar-refractivity contribution >= 4 is 30.2 Å². The molecule has 1 nitrogen and oxygen atoms in total. The number of hydrogen-bond donors (Lipinski definition) is 0. The van der Waals surface area contributed by atoms with Gasteiger partial charge in [0.05, 0.1) is 0 Å². The maximum atomic E-state index is 5.61. The molecule has 0 saturated heterocycles. The van der Waals surface area contributed by atoms with Gasteiger partial charge in [0.25, 0.3) is 0 Å². The first-order valence-corrected chi connectivity index (χ1v) is 5.93. The van der Waals surface area contributed by atoms with Crippen LogP contribution in [0.1, 0.15) is 12.5 Å². The van der Waals surface area contributed by atoms with Gasteiger partial charge in [0, 0.05) is 0 Å². The van der Waals surface area contributed by atoms with E-state index >= 15 is 0 Å². The van der Waals surface area contributed by atoms with E-state index < -0.39 is 0 Å². The Labute approximate surface area is 82.2 Å². The van der Waals surface area contributed by atoms with Crippen LogP contribution in [0.4, 0.5) is 0 Å². The summed E-state index contributed by atoms with van der Waals surface area (Å²) in [6.07, 6.45) is 2.15. The molecule has 61 valence electrons. The molecule has 2 rings (SSSR count). The molecule has 1 aromatic carbocycles. The quantitative estimate of drug-likeness (QED) is 0.710. The molecule has 0 aromatic heterocycles. The normalized spacial score (nSPS) is 15.1. The van der Waals surface area contributed by atoms with Crippen LogP contribution in [0.5, 0.6) is 0 Å². The Kier molecular flexibility index (Phi) is 2.30. The van der Waals surface area contributed by atoms with E-state index in [1.807, 2.05) is 18.2 Å². The monoisotopic (exact) mass is 275 g/mol. The van der Waals surface area contributed by atoms with Crippen molar-refractivity contribution in [3.63, 3.8) is 0 Å². The fraction of sp³-hybridized carbons (Fsp3) is 0.100. The van der Waals surface area contributed by atoms with E-state index in [1.165, 1.54) is 9.11 Å². The molecule has 2 heteroatoms. The zero-order valence-electron chi connectivity index (χ0n) is 6.78. The summed E-state index contributed by atoms with van der Waals surface area (Å²) in [6, 6.07) is 10.3. The van der Waals surface area contributed by atoms with Crippen LogP contribution in [0.2, 0.25) is 0 Å². The molecule has 0 atom stereocenters. The summed E-state index contributed by atoms with van der Waals surface area (Å²) in [7, 11) is 0. The average molecular weight is 273 g/mol. The van der Waals surface area contributed by atoms with E-state index in [2.05, 4.69) is 25.1 Å². The van der Waals surface area contributed by atoms with Gasteiger partial charge in [0.1, 0.15) is 0 Å². The van der Waals surface area contributed by atoms with E-state index in [0.29, 0.717) is 0 Å². The van der Waals surface area contributed by atoms with Crippen LogP contribution in [0.15, 0.2) is 36.4 Å². The second-order valence-corrected chi connectivity index (χ2v) is 5.44. The van der Waals surface area contributed by atoms with Gasteiger partial charge >= 0.3 is 82.2 Å². The minimum atomic E-state index is -0.327. The van der Waals surface area contributed by atoms with Crippen molar-refractivity contribution in [3.05, 3.63) is 42.0 Å². The van der Waals surface area contributed by atoms with Crippen LogP contribution in [0.3, 0.4) is 0 Å². The predicted molar refractivity (Wildman–Crippen MR) is 51.9 cm³/mol. The molecule has 12 heavy (non-hydrogen) atoms. The van der Waals surface area contributed by atoms with Crippen molar-refractivity contribution in [3.8, 4) is 0 Å². The van der Waals surface area contributed by atoms with Gasteiger partial charge in [-0.2, -0.15) is 0 Å². The van der Waals surface area contributed by atoms with Crippen molar-refractivity contribution in [2.45, 2.75) is 6.92 Å². The van der Waals surface area contributed by atoms with Crippen LogP contribution < -0.4 is 0 Å². The molecule has 0 saturated carbocycles. The first-order valence-electron chi connectivity index (χ1n) is 3.81. The topological polar surface area (TPSA) is 9.23 Å². The first-order chi connectivity index (χ1) is 5.86. The van der Waals surface area contributed by atoms with E-state index in [-0.39, 0.29) is 20.9 Å². The summed E-state index contributed by atoms with van der Waals surface area (Å²) in [4.78, 5) is 0. The molecule has 0 amide bonds. The molecular weight excluding hydrogens is 264 g/mol. The molecule has 0 spiro atoms. The summed E-state index contributed by atoms with van der Waals surface area (Å²) in [5.74, 6) is 1.05. The Bertz CT molecular complexity index is 338. The van der Waals surface area contributed by atoms with E-state index in [9.17, 15) is 0 Å². The molecule has 0 fully saturated rings. The van der Waals surface area contributed by atoms with Gasteiger partial charge in [-0.05, 0) is 0 Å². The van der Waals surface area contributed by atoms with Gasteiger partial charge < -0.3 is 0 Å². The molecule has 0 N–H and O–H groups in total. The van der Waals surface area contributed by atoms with Gasteiger partial charge in [-0.1, -0.05) is 0 Å². The van der Waals surface area contributed by atoms with Gasteiger partial charge in [-0.15, -0.1) is 0 Å². The van der Waals surface area contributed by atoms with Crippen molar-refractivity contribution in [1.82, 2.24) is 0 Å². The molecule has 0 bridgehead atoms. The summed E-state index contributed by atoms with van der Waals surface area (Å²) in [6.45, 7) is 2.14. The van der Waals surface area contributed by atoms with E-state index in [0.717, 1.165) is 5.76 Å². The third-order valence-electron chi connectivity index (χ3n) is 1.66. The first kappa shape index (κ1) is 8.04. The molecule has 1 aromatic rings. The van der Waals surface area contributed by atoms with Gasteiger partial charge in [0.15, 0.2) is 0 Å². The Balaban J connectivity index is 2.30. The third kappa shape index (κ3) is 1.60. The summed E-state index contributed by atoms with van der Waals surface area (Å²) >= 11 is -0.327.